The molecule has 1 atom stereocenters. The number of carbonyl (C=O) groups excluding carboxylic acids is 2. The number of hydrogen-bond acceptors (Lipinski definition) is 3. The highest BCUT2D eigenvalue weighted by molar-refractivity contribution is 9.10. The fraction of sp³-hybridized carbons (Fsp3) is 0.300. The summed E-state index contributed by atoms with van der Waals surface area (Å²) in [7, 11) is 0. The van der Waals surface area contributed by atoms with Crippen LogP contribution in [0.1, 0.15) is 12.8 Å². The minimum Gasteiger partial charge on any atom is -0.385 e. The molecule has 2 amide bonds. The average Bonchev–Trinajstić information content (AvgIpc) is 3.04. The highest BCUT2D eigenvalue weighted by atomic mass is 79.9. The second-order valence-corrected chi connectivity index (χ2v) is 7.15. The number of rotatable bonds is 7. The molecule has 1 aliphatic rings. The fourth-order valence-corrected chi connectivity index (χ4v) is 3.52. The molecular formula is C20H22BrN3O2. The van der Waals surface area contributed by atoms with Gasteiger partial charge < -0.3 is 15.5 Å². The third-order valence-electron chi connectivity index (χ3n) is 4.39. The van der Waals surface area contributed by atoms with E-state index in [1.54, 1.807) is 4.90 Å². The van der Waals surface area contributed by atoms with Crippen molar-refractivity contribution in [2.24, 2.45) is 5.92 Å². The van der Waals surface area contributed by atoms with Crippen molar-refractivity contribution >= 4 is 39.1 Å². The van der Waals surface area contributed by atoms with E-state index in [0.717, 1.165) is 28.8 Å². The molecule has 1 unspecified atom stereocenters. The molecule has 6 heteroatoms. The quantitative estimate of drug-likeness (QED) is 0.680. The predicted molar refractivity (Wildman–Crippen MR) is 107 cm³/mol. The molecule has 0 bridgehead atoms. The lowest BCUT2D eigenvalue weighted by atomic mass is 10.1. The Hall–Kier alpha value is -2.34. The van der Waals surface area contributed by atoms with Crippen LogP contribution in [0.15, 0.2) is 59.1 Å². The number of para-hydroxylation sites is 2. The molecule has 2 N–H and O–H groups in total. The zero-order chi connectivity index (χ0) is 18.4. The Labute approximate surface area is 161 Å². The maximum Gasteiger partial charge on any atom is 0.227 e. The maximum absolute atomic E-state index is 12.4. The molecule has 2 aromatic carbocycles. The normalized spacial score (nSPS) is 16.6. The summed E-state index contributed by atoms with van der Waals surface area (Å²) in [6.45, 7) is 1.81. The molecule has 0 aromatic heterocycles. The largest absolute Gasteiger partial charge is 0.385 e. The van der Waals surface area contributed by atoms with Gasteiger partial charge in [-0.3, -0.25) is 9.59 Å². The minimum atomic E-state index is -0.295. The smallest absolute Gasteiger partial charge is 0.227 e. The van der Waals surface area contributed by atoms with Crippen LogP contribution in [0, 0.1) is 5.92 Å². The molecule has 1 aliphatic heterocycles. The minimum absolute atomic E-state index is 0.0113. The Balaban J connectivity index is 1.43. The Morgan fingerprint density at radius 3 is 2.58 bits per heavy atom. The number of carbonyl (C=O) groups is 2. The van der Waals surface area contributed by atoms with E-state index in [4.69, 9.17) is 0 Å². The molecular weight excluding hydrogens is 394 g/mol. The number of anilines is 2. The van der Waals surface area contributed by atoms with E-state index < -0.39 is 0 Å². The van der Waals surface area contributed by atoms with Gasteiger partial charge in [-0.1, -0.05) is 30.3 Å². The Morgan fingerprint density at radius 1 is 1.08 bits per heavy atom. The van der Waals surface area contributed by atoms with Crippen LogP contribution in [0.4, 0.5) is 11.4 Å². The van der Waals surface area contributed by atoms with Crippen LogP contribution < -0.4 is 15.5 Å². The molecule has 136 valence electrons. The average molecular weight is 416 g/mol. The summed E-state index contributed by atoms with van der Waals surface area (Å²) in [6, 6.07) is 17.6. The van der Waals surface area contributed by atoms with E-state index in [2.05, 4.69) is 26.6 Å². The lowest BCUT2D eigenvalue weighted by molar-refractivity contribution is -0.126. The van der Waals surface area contributed by atoms with Crippen LogP contribution in [0.5, 0.6) is 0 Å². The zero-order valence-electron chi connectivity index (χ0n) is 14.5. The number of halogens is 1. The van der Waals surface area contributed by atoms with Gasteiger partial charge in [-0.15, -0.1) is 0 Å². The van der Waals surface area contributed by atoms with Gasteiger partial charge in [0, 0.05) is 36.2 Å². The van der Waals surface area contributed by atoms with E-state index in [0.29, 0.717) is 13.1 Å². The summed E-state index contributed by atoms with van der Waals surface area (Å²) in [5, 5.41) is 6.26. The summed E-state index contributed by atoms with van der Waals surface area (Å²) < 4.78 is 0.862. The van der Waals surface area contributed by atoms with Crippen molar-refractivity contribution in [2.75, 3.05) is 29.9 Å². The van der Waals surface area contributed by atoms with Crippen molar-refractivity contribution in [3.63, 3.8) is 0 Å². The maximum atomic E-state index is 12.4. The Morgan fingerprint density at radius 2 is 1.81 bits per heavy atom. The topological polar surface area (TPSA) is 61.4 Å². The Bertz CT molecular complexity index is 767. The van der Waals surface area contributed by atoms with Gasteiger partial charge in [0.1, 0.15) is 0 Å². The summed E-state index contributed by atoms with van der Waals surface area (Å²) in [5.41, 5.74) is 1.89. The number of amides is 2. The van der Waals surface area contributed by atoms with Crippen molar-refractivity contribution in [1.82, 2.24) is 5.32 Å². The molecule has 26 heavy (non-hydrogen) atoms. The zero-order valence-corrected chi connectivity index (χ0v) is 16.0. The lowest BCUT2D eigenvalue weighted by Crippen LogP contribution is -2.34. The van der Waals surface area contributed by atoms with Crippen LogP contribution in [0.25, 0.3) is 0 Å². The summed E-state index contributed by atoms with van der Waals surface area (Å²) in [5.74, 6) is -0.355. The highest BCUT2D eigenvalue weighted by Crippen LogP contribution is 2.31. The summed E-state index contributed by atoms with van der Waals surface area (Å²) in [6.07, 6.45) is 1.09. The molecule has 0 radical (unpaired) electrons. The number of nitrogens with one attached hydrogen (secondary N) is 2. The van der Waals surface area contributed by atoms with Gasteiger partial charge >= 0.3 is 0 Å². The van der Waals surface area contributed by atoms with Crippen LogP contribution in [0.2, 0.25) is 0 Å². The first-order valence-electron chi connectivity index (χ1n) is 8.76. The van der Waals surface area contributed by atoms with Crippen molar-refractivity contribution in [3.8, 4) is 0 Å². The third kappa shape index (κ3) is 4.64. The van der Waals surface area contributed by atoms with Crippen molar-refractivity contribution in [1.29, 1.82) is 0 Å². The lowest BCUT2D eigenvalue weighted by Gasteiger charge is -2.18. The standard InChI is InChI=1S/C20H22BrN3O2/c21-17-9-4-5-10-18(17)24-14-15(13-19(24)25)20(26)23-12-6-11-22-16-7-2-1-3-8-16/h1-5,7-10,15,22H,6,11-14H2,(H,23,26). The first-order valence-corrected chi connectivity index (χ1v) is 9.56. The molecule has 0 spiro atoms. The molecule has 1 saturated heterocycles. The van der Waals surface area contributed by atoms with Gasteiger partial charge in [0.15, 0.2) is 0 Å². The summed E-state index contributed by atoms with van der Waals surface area (Å²) in [4.78, 5) is 26.3. The van der Waals surface area contributed by atoms with Gasteiger partial charge in [-0.05, 0) is 46.6 Å². The van der Waals surface area contributed by atoms with Crippen LogP contribution in [0.3, 0.4) is 0 Å². The molecule has 5 nitrogen and oxygen atoms in total. The molecule has 1 fully saturated rings. The van der Waals surface area contributed by atoms with Crippen LogP contribution >= 0.6 is 15.9 Å². The van der Waals surface area contributed by atoms with E-state index in [9.17, 15) is 9.59 Å². The SMILES string of the molecule is O=C(NCCCNc1ccccc1)C1CC(=O)N(c2ccccc2Br)C1. The van der Waals surface area contributed by atoms with Gasteiger partial charge in [0.05, 0.1) is 11.6 Å². The van der Waals surface area contributed by atoms with Gasteiger partial charge in [-0.25, -0.2) is 0 Å². The molecule has 1 heterocycles. The van der Waals surface area contributed by atoms with E-state index in [1.807, 2.05) is 54.6 Å². The number of nitrogens with zero attached hydrogens (tertiary/aromatic N) is 1. The van der Waals surface area contributed by atoms with Crippen LogP contribution in [-0.4, -0.2) is 31.4 Å². The Kier molecular flexibility index (Phi) is 6.28. The first kappa shape index (κ1) is 18.5. The van der Waals surface area contributed by atoms with Crippen molar-refractivity contribution in [3.05, 3.63) is 59.1 Å². The van der Waals surface area contributed by atoms with Gasteiger partial charge in [0.25, 0.3) is 0 Å². The van der Waals surface area contributed by atoms with Crippen molar-refractivity contribution in [2.45, 2.75) is 12.8 Å². The predicted octanol–water partition coefficient (Wildman–Crippen LogP) is 3.42. The second kappa shape index (κ2) is 8.85. The van der Waals surface area contributed by atoms with E-state index in [1.165, 1.54) is 0 Å². The third-order valence-corrected chi connectivity index (χ3v) is 5.07. The molecule has 2 aromatic rings. The van der Waals surface area contributed by atoms with Gasteiger partial charge in [-0.2, -0.15) is 0 Å². The fourth-order valence-electron chi connectivity index (χ4n) is 3.02. The second-order valence-electron chi connectivity index (χ2n) is 6.29. The first-order chi connectivity index (χ1) is 12.6. The summed E-state index contributed by atoms with van der Waals surface area (Å²) >= 11 is 3.47. The highest BCUT2D eigenvalue weighted by Gasteiger charge is 2.35. The number of hydrogen-bond donors (Lipinski definition) is 2. The monoisotopic (exact) mass is 415 g/mol. The number of benzene rings is 2. The molecule has 3 rings (SSSR count). The van der Waals surface area contributed by atoms with E-state index in [-0.39, 0.29) is 24.2 Å². The molecule has 0 saturated carbocycles. The van der Waals surface area contributed by atoms with E-state index >= 15 is 0 Å². The van der Waals surface area contributed by atoms with Gasteiger partial charge in [0.2, 0.25) is 11.8 Å². The van der Waals surface area contributed by atoms with Crippen molar-refractivity contribution < 1.29 is 9.59 Å². The molecule has 0 aliphatic carbocycles. The van der Waals surface area contributed by atoms with Crippen LogP contribution in [-0.2, 0) is 9.59 Å².